The van der Waals surface area contributed by atoms with Crippen LogP contribution in [0.3, 0.4) is 0 Å². The molecule has 1 unspecified atom stereocenters. The highest BCUT2D eigenvalue weighted by molar-refractivity contribution is 7.39. The van der Waals surface area contributed by atoms with Gasteiger partial charge in [0.2, 0.25) is 0 Å². The molecule has 1 N–H and O–H groups in total. The first kappa shape index (κ1) is 10.2. The Kier molecular flexibility index (Phi) is 3.57. The average molecular weight is 166 g/mol. The van der Waals surface area contributed by atoms with Crippen molar-refractivity contribution in [1.82, 2.24) is 0 Å². The highest BCUT2D eigenvalue weighted by Crippen LogP contribution is 2.33. The summed E-state index contributed by atoms with van der Waals surface area (Å²) in [4.78, 5) is 0. The molecule has 0 rings (SSSR count). The Balaban J connectivity index is 3.81. The lowest BCUT2D eigenvalue weighted by atomic mass is 10.4. The van der Waals surface area contributed by atoms with Gasteiger partial charge < -0.3 is 5.11 Å². The summed E-state index contributed by atoms with van der Waals surface area (Å²) in [5, 5.41) is 9.04. The third-order valence-electron chi connectivity index (χ3n) is 0.822. The summed E-state index contributed by atoms with van der Waals surface area (Å²) < 4.78 is 15.8. The van der Waals surface area contributed by atoms with Gasteiger partial charge in [-0.15, -0.1) is 0 Å². The van der Waals surface area contributed by atoms with E-state index in [-0.39, 0.29) is 5.66 Å². The maximum atomic E-state index is 11.0. The molecule has 1 atom stereocenters. The second-order valence-corrected chi connectivity index (χ2v) is 5.02. The minimum Gasteiger partial charge on any atom is -0.366 e. The predicted molar refractivity (Wildman–Crippen MR) is 41.5 cm³/mol. The molecule has 0 aliphatic carbocycles. The van der Waals surface area contributed by atoms with E-state index in [1.54, 1.807) is 13.8 Å². The van der Waals surface area contributed by atoms with Crippen molar-refractivity contribution in [3.63, 3.8) is 0 Å². The molecule has 0 spiro atoms. The minimum absolute atomic E-state index is 0.00331. The Morgan fingerprint density at radius 2 is 1.90 bits per heavy atom. The summed E-state index contributed by atoms with van der Waals surface area (Å²) in [6.45, 7) is 6.54. The molecule has 0 aromatic heterocycles. The van der Waals surface area contributed by atoms with E-state index in [1.165, 1.54) is 13.8 Å². The van der Waals surface area contributed by atoms with Crippen molar-refractivity contribution in [3.8, 4) is 0 Å². The number of hydrogen-bond donors (Lipinski definition) is 1. The molecule has 0 aromatic carbocycles. The summed E-state index contributed by atoms with van der Waals surface area (Å²) in [6.07, 6.45) is 0. The van der Waals surface area contributed by atoms with Crippen LogP contribution in [0.5, 0.6) is 0 Å². The zero-order chi connectivity index (χ0) is 8.36. The molecule has 0 fully saturated rings. The van der Waals surface area contributed by atoms with Crippen molar-refractivity contribution in [2.75, 3.05) is 0 Å². The van der Waals surface area contributed by atoms with Gasteiger partial charge in [0.15, 0.2) is 13.8 Å². The third kappa shape index (κ3) is 4.98. The van der Waals surface area contributed by atoms with Crippen molar-refractivity contribution in [3.05, 3.63) is 0 Å². The standard InChI is InChI=1S/C6H15O3P/c1-5(2)10(8)9-6(3,4)7/h5,7,10H,1-4H3. The van der Waals surface area contributed by atoms with Crippen molar-refractivity contribution >= 4 is 8.03 Å². The lowest BCUT2D eigenvalue weighted by Gasteiger charge is -2.18. The Morgan fingerprint density at radius 3 is 2.00 bits per heavy atom. The van der Waals surface area contributed by atoms with Gasteiger partial charge in [-0.25, -0.2) is 0 Å². The Hall–Kier alpha value is 0.150. The predicted octanol–water partition coefficient (Wildman–Crippen LogP) is 1.61. The van der Waals surface area contributed by atoms with Crippen LogP contribution in [0.4, 0.5) is 0 Å². The van der Waals surface area contributed by atoms with Crippen molar-refractivity contribution in [2.24, 2.45) is 0 Å². The van der Waals surface area contributed by atoms with E-state index in [4.69, 9.17) is 9.63 Å². The molecule has 0 bridgehead atoms. The monoisotopic (exact) mass is 166 g/mol. The maximum absolute atomic E-state index is 11.0. The fourth-order valence-electron chi connectivity index (χ4n) is 0.364. The quantitative estimate of drug-likeness (QED) is 0.511. The van der Waals surface area contributed by atoms with Gasteiger partial charge in [-0.3, -0.25) is 9.09 Å². The van der Waals surface area contributed by atoms with Gasteiger partial charge in [0, 0.05) is 5.66 Å². The third-order valence-corrected chi connectivity index (χ3v) is 2.47. The maximum Gasteiger partial charge on any atom is 0.196 e. The number of aliphatic hydroxyl groups is 1. The zero-order valence-electron chi connectivity index (χ0n) is 6.84. The molecule has 10 heavy (non-hydrogen) atoms. The number of hydrogen-bond acceptors (Lipinski definition) is 3. The molecule has 0 amide bonds. The first-order valence-corrected chi connectivity index (χ1v) is 4.67. The second kappa shape index (κ2) is 3.51. The molecular weight excluding hydrogens is 151 g/mol. The van der Waals surface area contributed by atoms with E-state index in [1.807, 2.05) is 0 Å². The topological polar surface area (TPSA) is 46.5 Å². The minimum atomic E-state index is -2.06. The molecule has 0 saturated heterocycles. The van der Waals surface area contributed by atoms with E-state index < -0.39 is 13.8 Å². The van der Waals surface area contributed by atoms with Crippen LogP contribution in [0.25, 0.3) is 0 Å². The highest BCUT2D eigenvalue weighted by Gasteiger charge is 2.18. The molecule has 0 aliphatic heterocycles. The van der Waals surface area contributed by atoms with Crippen molar-refractivity contribution < 1.29 is 14.2 Å². The van der Waals surface area contributed by atoms with Crippen LogP contribution in [0.1, 0.15) is 27.7 Å². The lowest BCUT2D eigenvalue weighted by Crippen LogP contribution is -2.20. The van der Waals surface area contributed by atoms with Crippen LogP contribution < -0.4 is 0 Å². The molecule has 0 radical (unpaired) electrons. The Bertz CT molecular complexity index is 125. The summed E-state index contributed by atoms with van der Waals surface area (Å²) in [5.41, 5.74) is -0.00331. The SMILES string of the molecule is CC(C)[PH](=O)OC(C)(C)O. The van der Waals surface area contributed by atoms with Gasteiger partial charge in [0.25, 0.3) is 0 Å². The van der Waals surface area contributed by atoms with Crippen LogP contribution in [-0.4, -0.2) is 16.6 Å². The van der Waals surface area contributed by atoms with E-state index in [9.17, 15) is 4.57 Å². The van der Waals surface area contributed by atoms with Gasteiger partial charge in [0.05, 0.1) is 0 Å². The molecule has 3 nitrogen and oxygen atoms in total. The summed E-state index contributed by atoms with van der Waals surface area (Å²) in [6, 6.07) is 0. The van der Waals surface area contributed by atoms with E-state index in [0.29, 0.717) is 0 Å². The summed E-state index contributed by atoms with van der Waals surface area (Å²) in [7, 11) is -2.06. The molecule has 0 heterocycles. The van der Waals surface area contributed by atoms with Gasteiger partial charge in [-0.1, -0.05) is 13.8 Å². The van der Waals surface area contributed by atoms with E-state index in [0.717, 1.165) is 0 Å². The first-order valence-electron chi connectivity index (χ1n) is 3.28. The molecule has 0 aliphatic rings. The van der Waals surface area contributed by atoms with Crippen LogP contribution >= 0.6 is 8.03 Å². The molecule has 0 saturated carbocycles. The van der Waals surface area contributed by atoms with E-state index >= 15 is 0 Å². The molecular formula is C6H15O3P. The van der Waals surface area contributed by atoms with Gasteiger partial charge in [-0.05, 0) is 13.8 Å². The van der Waals surface area contributed by atoms with Gasteiger partial charge in [0.1, 0.15) is 0 Å². The van der Waals surface area contributed by atoms with Crippen LogP contribution in [0.15, 0.2) is 0 Å². The Morgan fingerprint density at radius 1 is 1.50 bits per heavy atom. The molecule has 0 aromatic rings. The Labute approximate surface area is 62.3 Å². The first-order chi connectivity index (χ1) is 4.33. The molecule has 4 heteroatoms. The number of rotatable bonds is 3. The fourth-order valence-corrected chi connectivity index (χ4v) is 1.09. The summed E-state index contributed by atoms with van der Waals surface area (Å²) in [5.74, 6) is -1.26. The lowest BCUT2D eigenvalue weighted by molar-refractivity contribution is -0.0996. The van der Waals surface area contributed by atoms with Crippen LogP contribution in [0, 0.1) is 0 Å². The smallest absolute Gasteiger partial charge is 0.196 e. The summed E-state index contributed by atoms with van der Waals surface area (Å²) >= 11 is 0. The largest absolute Gasteiger partial charge is 0.366 e. The van der Waals surface area contributed by atoms with Gasteiger partial charge >= 0.3 is 0 Å². The van der Waals surface area contributed by atoms with Crippen LogP contribution in [0.2, 0.25) is 0 Å². The van der Waals surface area contributed by atoms with Crippen molar-refractivity contribution in [1.29, 1.82) is 0 Å². The average Bonchev–Trinajstić information content (AvgIpc) is 1.60. The van der Waals surface area contributed by atoms with Crippen molar-refractivity contribution in [2.45, 2.75) is 39.1 Å². The normalized spacial score (nSPS) is 15.8. The molecule has 62 valence electrons. The van der Waals surface area contributed by atoms with Crippen LogP contribution in [-0.2, 0) is 9.09 Å². The fraction of sp³-hybridized carbons (Fsp3) is 1.00. The second-order valence-electron chi connectivity index (χ2n) is 3.02. The van der Waals surface area contributed by atoms with Gasteiger partial charge in [-0.2, -0.15) is 0 Å². The van der Waals surface area contributed by atoms with E-state index in [2.05, 4.69) is 0 Å². The zero-order valence-corrected chi connectivity index (χ0v) is 7.84. The highest BCUT2D eigenvalue weighted by atomic mass is 31.1.